The molecular weight excluding hydrogens is 367 g/mol. The molecule has 0 bridgehead atoms. The van der Waals surface area contributed by atoms with Gasteiger partial charge >= 0.3 is 12.1 Å². The molecule has 0 fully saturated rings. The Balaban J connectivity index is 2.07. The lowest BCUT2D eigenvalue weighted by atomic mass is 10.2. The molecule has 0 aromatic heterocycles. The van der Waals surface area contributed by atoms with Crippen LogP contribution in [-0.4, -0.2) is 30.2 Å². The molecule has 0 unspecified atom stereocenters. The molecule has 1 amide bonds. The highest BCUT2D eigenvalue weighted by Crippen LogP contribution is 2.31. The predicted molar refractivity (Wildman–Crippen MR) is 89.6 cm³/mol. The number of anilines is 1. The molecule has 0 radical (unpaired) electrons. The molecule has 9 heteroatoms. The van der Waals surface area contributed by atoms with Crippen molar-refractivity contribution in [3.63, 3.8) is 0 Å². The Morgan fingerprint density at radius 3 is 2.44 bits per heavy atom. The number of rotatable bonds is 5. The zero-order valence-electron chi connectivity index (χ0n) is 14.3. The molecule has 0 saturated heterocycles. The topological polar surface area (TPSA) is 84.9 Å². The van der Waals surface area contributed by atoms with E-state index < -0.39 is 35.5 Å². The van der Waals surface area contributed by atoms with Crippen LogP contribution in [0, 0.1) is 0 Å². The Bertz CT molecular complexity index is 851. The molecule has 2 aromatic rings. The maximum absolute atomic E-state index is 12.7. The summed E-state index contributed by atoms with van der Waals surface area (Å²) in [6, 6.07) is 8.19. The van der Waals surface area contributed by atoms with Crippen molar-refractivity contribution in [2.24, 2.45) is 0 Å². The largest absolute Gasteiger partial charge is 0.504 e. The minimum atomic E-state index is -4.55. The van der Waals surface area contributed by atoms with Crippen LogP contribution in [-0.2, 0) is 15.7 Å². The van der Waals surface area contributed by atoms with Gasteiger partial charge in [-0.2, -0.15) is 13.2 Å². The molecule has 0 saturated carbocycles. The molecule has 144 valence electrons. The summed E-state index contributed by atoms with van der Waals surface area (Å²) in [5.41, 5.74) is -1.23. The third-order valence-corrected chi connectivity index (χ3v) is 3.55. The summed E-state index contributed by atoms with van der Waals surface area (Å²) in [4.78, 5) is 24.2. The number of para-hydroxylation sites is 1. The molecule has 27 heavy (non-hydrogen) atoms. The van der Waals surface area contributed by atoms with E-state index in [4.69, 9.17) is 9.47 Å². The number of hydrogen-bond donors (Lipinski definition) is 2. The first-order chi connectivity index (χ1) is 12.6. The Morgan fingerprint density at radius 2 is 1.81 bits per heavy atom. The van der Waals surface area contributed by atoms with Crippen LogP contribution < -0.4 is 10.1 Å². The normalized spacial score (nSPS) is 12.2. The molecular formula is C18H16F3NO5. The SMILES string of the molecule is COc1cccc(C(=O)O[C@@H](C)C(=O)Nc2cccc(C(F)(F)F)c2)c1O. The van der Waals surface area contributed by atoms with Crippen LogP contribution >= 0.6 is 0 Å². The predicted octanol–water partition coefficient (Wildman–Crippen LogP) is 3.60. The van der Waals surface area contributed by atoms with Crippen molar-refractivity contribution in [2.45, 2.75) is 19.2 Å². The monoisotopic (exact) mass is 383 g/mol. The summed E-state index contributed by atoms with van der Waals surface area (Å²) in [5, 5.41) is 12.2. The second-order valence-corrected chi connectivity index (χ2v) is 5.47. The van der Waals surface area contributed by atoms with Crippen LogP contribution in [0.2, 0.25) is 0 Å². The van der Waals surface area contributed by atoms with E-state index in [0.29, 0.717) is 0 Å². The van der Waals surface area contributed by atoms with Gasteiger partial charge in [-0.1, -0.05) is 12.1 Å². The maximum Gasteiger partial charge on any atom is 0.416 e. The first-order valence-corrected chi connectivity index (χ1v) is 7.68. The number of carbonyl (C=O) groups is 2. The lowest BCUT2D eigenvalue weighted by Crippen LogP contribution is -2.30. The number of carbonyl (C=O) groups excluding carboxylic acids is 2. The average molecular weight is 383 g/mol. The number of halogens is 3. The van der Waals surface area contributed by atoms with E-state index >= 15 is 0 Å². The zero-order valence-corrected chi connectivity index (χ0v) is 14.3. The van der Waals surface area contributed by atoms with Gasteiger partial charge in [0.25, 0.3) is 5.91 Å². The number of phenolic OH excluding ortho intramolecular Hbond substituents is 1. The number of hydrogen-bond acceptors (Lipinski definition) is 5. The van der Waals surface area contributed by atoms with Gasteiger partial charge in [0.2, 0.25) is 0 Å². The molecule has 0 spiro atoms. The van der Waals surface area contributed by atoms with Crippen molar-refractivity contribution in [3.8, 4) is 11.5 Å². The molecule has 2 N–H and O–H groups in total. The molecule has 0 aliphatic carbocycles. The average Bonchev–Trinajstić information content (AvgIpc) is 2.61. The van der Waals surface area contributed by atoms with Crippen LogP contribution in [0.4, 0.5) is 18.9 Å². The van der Waals surface area contributed by atoms with Gasteiger partial charge in [-0.25, -0.2) is 4.79 Å². The summed E-state index contributed by atoms with van der Waals surface area (Å²) in [6.07, 6.45) is -5.87. The second-order valence-electron chi connectivity index (χ2n) is 5.47. The van der Waals surface area contributed by atoms with Crippen molar-refractivity contribution in [3.05, 3.63) is 53.6 Å². The summed E-state index contributed by atoms with van der Waals surface area (Å²) in [5.74, 6) is -2.22. The van der Waals surface area contributed by atoms with Crippen molar-refractivity contribution < 1.29 is 37.3 Å². The van der Waals surface area contributed by atoms with E-state index in [0.717, 1.165) is 18.2 Å². The van der Waals surface area contributed by atoms with E-state index in [9.17, 15) is 27.9 Å². The summed E-state index contributed by atoms with van der Waals surface area (Å²) in [7, 11) is 1.30. The van der Waals surface area contributed by atoms with E-state index in [1.165, 1.54) is 38.3 Å². The summed E-state index contributed by atoms with van der Waals surface area (Å²) in [6.45, 7) is 1.25. The lowest BCUT2D eigenvalue weighted by molar-refractivity contribution is -0.137. The summed E-state index contributed by atoms with van der Waals surface area (Å²) < 4.78 is 48.0. The smallest absolute Gasteiger partial charge is 0.416 e. The van der Waals surface area contributed by atoms with Gasteiger partial charge in [0, 0.05) is 5.69 Å². The van der Waals surface area contributed by atoms with Crippen molar-refractivity contribution >= 4 is 17.6 Å². The van der Waals surface area contributed by atoms with E-state index in [-0.39, 0.29) is 17.0 Å². The number of amides is 1. The number of esters is 1. The number of methoxy groups -OCH3 is 1. The molecule has 0 aliphatic rings. The number of alkyl halides is 3. The van der Waals surface area contributed by atoms with Crippen LogP contribution in [0.5, 0.6) is 11.5 Å². The first-order valence-electron chi connectivity index (χ1n) is 7.68. The van der Waals surface area contributed by atoms with Gasteiger partial charge in [0.1, 0.15) is 5.56 Å². The molecule has 0 heterocycles. The number of aromatic hydroxyl groups is 1. The lowest BCUT2D eigenvalue weighted by Gasteiger charge is -2.15. The van der Waals surface area contributed by atoms with Gasteiger partial charge in [0.05, 0.1) is 12.7 Å². The van der Waals surface area contributed by atoms with E-state index in [1.54, 1.807) is 0 Å². The van der Waals surface area contributed by atoms with Crippen molar-refractivity contribution in [2.75, 3.05) is 12.4 Å². The third-order valence-electron chi connectivity index (χ3n) is 3.55. The molecule has 6 nitrogen and oxygen atoms in total. The van der Waals surface area contributed by atoms with Gasteiger partial charge in [-0.05, 0) is 37.3 Å². The van der Waals surface area contributed by atoms with Gasteiger partial charge < -0.3 is 19.9 Å². The third kappa shape index (κ3) is 4.90. The van der Waals surface area contributed by atoms with Crippen molar-refractivity contribution in [1.29, 1.82) is 0 Å². The number of phenols is 1. The van der Waals surface area contributed by atoms with Gasteiger partial charge in [-0.15, -0.1) is 0 Å². The van der Waals surface area contributed by atoms with Crippen LogP contribution in [0.15, 0.2) is 42.5 Å². The minimum absolute atomic E-state index is 0.0468. The fourth-order valence-corrected chi connectivity index (χ4v) is 2.15. The summed E-state index contributed by atoms with van der Waals surface area (Å²) >= 11 is 0. The number of benzene rings is 2. The fraction of sp³-hybridized carbons (Fsp3) is 0.222. The Hall–Kier alpha value is -3.23. The second kappa shape index (κ2) is 7.98. The molecule has 2 aromatic carbocycles. The maximum atomic E-state index is 12.7. The quantitative estimate of drug-likeness (QED) is 0.771. The highest BCUT2D eigenvalue weighted by molar-refractivity contribution is 5.98. The molecule has 1 atom stereocenters. The van der Waals surface area contributed by atoms with Crippen molar-refractivity contribution in [1.82, 2.24) is 0 Å². The first kappa shape index (κ1) is 20.1. The zero-order chi connectivity index (χ0) is 20.2. The minimum Gasteiger partial charge on any atom is -0.504 e. The highest BCUT2D eigenvalue weighted by atomic mass is 19.4. The highest BCUT2D eigenvalue weighted by Gasteiger charge is 2.30. The number of ether oxygens (including phenoxy) is 2. The van der Waals surface area contributed by atoms with Crippen LogP contribution in [0.1, 0.15) is 22.8 Å². The molecule has 2 rings (SSSR count). The van der Waals surface area contributed by atoms with E-state index in [1.807, 2.05) is 0 Å². The van der Waals surface area contributed by atoms with Gasteiger partial charge in [0.15, 0.2) is 17.6 Å². The van der Waals surface area contributed by atoms with Crippen LogP contribution in [0.3, 0.4) is 0 Å². The van der Waals surface area contributed by atoms with Crippen LogP contribution in [0.25, 0.3) is 0 Å². The Morgan fingerprint density at radius 1 is 1.15 bits per heavy atom. The van der Waals surface area contributed by atoms with E-state index in [2.05, 4.69) is 5.32 Å². The Labute approximate surface area is 152 Å². The molecule has 0 aliphatic heterocycles. The van der Waals surface area contributed by atoms with Gasteiger partial charge in [-0.3, -0.25) is 4.79 Å². The Kier molecular flexibility index (Phi) is 5.94. The standard InChI is InChI=1S/C18H16F3NO5/c1-10(27-17(25)13-7-4-8-14(26-2)15(13)23)16(24)22-12-6-3-5-11(9-12)18(19,20)21/h3-10,23H,1-2H3,(H,22,24)/t10-/m0/s1. The fourth-order valence-electron chi connectivity index (χ4n) is 2.15. The number of nitrogens with one attached hydrogen (secondary N) is 1.